The lowest BCUT2D eigenvalue weighted by Crippen LogP contribution is -2.38. The zero-order valence-corrected chi connectivity index (χ0v) is 25.7. The van der Waals surface area contributed by atoms with Crippen LogP contribution in [0.5, 0.6) is 5.75 Å². The Balaban J connectivity index is 1.07. The molecular weight excluding hydrogens is 601 g/mol. The van der Waals surface area contributed by atoms with E-state index in [0.29, 0.717) is 61.2 Å². The summed E-state index contributed by atoms with van der Waals surface area (Å²) in [7, 11) is 0. The number of alkyl halides is 5. The molecule has 0 N–H and O–H groups in total. The van der Waals surface area contributed by atoms with E-state index in [4.69, 9.17) is 14.2 Å². The summed E-state index contributed by atoms with van der Waals surface area (Å²) in [5, 5.41) is 0. The van der Waals surface area contributed by atoms with Crippen LogP contribution < -0.4 is 4.74 Å². The maximum Gasteiger partial charge on any atom is 0.419 e. The standard InChI is InChI=1S/C35H43F7O3/c1-2-3-4-5-22-20-43-33(44-21-22)26-12-16-29(31(36)18-26)25-8-6-23(7-9-25)24-10-13-27(14-11-24)35(41,42)45-28-15-17-30(32(37)19-28)34(38,39)40/h12,15-19,22-25,27,33H,2-11,13-14,20-21H2,1H3. The number of benzene rings is 2. The molecule has 45 heavy (non-hydrogen) atoms. The van der Waals surface area contributed by atoms with E-state index >= 15 is 4.39 Å². The Hall–Kier alpha value is -2.33. The zero-order chi connectivity index (χ0) is 32.2. The van der Waals surface area contributed by atoms with Crippen LogP contribution in [0.15, 0.2) is 36.4 Å². The maximum absolute atomic E-state index is 15.3. The molecular formula is C35H43F7O3. The third-order valence-corrected chi connectivity index (χ3v) is 10.1. The number of rotatable bonds is 10. The number of unbranched alkanes of at least 4 members (excludes halogenated alkanes) is 2. The molecule has 0 amide bonds. The van der Waals surface area contributed by atoms with Crippen molar-refractivity contribution in [3.63, 3.8) is 0 Å². The number of hydrogen-bond acceptors (Lipinski definition) is 3. The second-order valence-electron chi connectivity index (χ2n) is 13.2. The minimum Gasteiger partial charge on any atom is -0.432 e. The van der Waals surface area contributed by atoms with Crippen molar-refractivity contribution in [3.05, 3.63) is 64.7 Å². The minimum atomic E-state index is -4.92. The van der Waals surface area contributed by atoms with E-state index < -0.39 is 41.6 Å². The third kappa shape index (κ3) is 8.53. The largest absolute Gasteiger partial charge is 0.432 e. The first-order valence-electron chi connectivity index (χ1n) is 16.4. The van der Waals surface area contributed by atoms with Gasteiger partial charge in [-0.3, -0.25) is 0 Å². The van der Waals surface area contributed by atoms with Gasteiger partial charge < -0.3 is 14.2 Å². The van der Waals surface area contributed by atoms with Crippen molar-refractivity contribution in [1.82, 2.24) is 0 Å². The van der Waals surface area contributed by atoms with Crippen molar-refractivity contribution in [2.45, 2.75) is 108 Å². The molecule has 10 heteroatoms. The van der Waals surface area contributed by atoms with Crippen LogP contribution in [0, 0.1) is 35.3 Å². The van der Waals surface area contributed by atoms with Gasteiger partial charge in [0.05, 0.1) is 24.7 Å². The van der Waals surface area contributed by atoms with Gasteiger partial charge in [0.1, 0.15) is 17.4 Å². The van der Waals surface area contributed by atoms with Crippen molar-refractivity contribution < 1.29 is 44.9 Å². The molecule has 0 aromatic heterocycles. The average molecular weight is 645 g/mol. The van der Waals surface area contributed by atoms with E-state index in [1.807, 2.05) is 12.1 Å². The van der Waals surface area contributed by atoms with Crippen LogP contribution in [-0.2, 0) is 15.7 Å². The fraction of sp³-hybridized carbons (Fsp3) is 0.657. The lowest BCUT2D eigenvalue weighted by atomic mass is 9.68. The van der Waals surface area contributed by atoms with E-state index in [9.17, 15) is 26.3 Å². The van der Waals surface area contributed by atoms with Gasteiger partial charge in [0, 0.05) is 17.5 Å². The predicted octanol–water partition coefficient (Wildman–Crippen LogP) is 11.0. The molecule has 2 saturated carbocycles. The molecule has 2 aromatic rings. The average Bonchev–Trinajstić information content (AvgIpc) is 3.01. The van der Waals surface area contributed by atoms with Crippen molar-refractivity contribution in [2.24, 2.45) is 23.7 Å². The summed E-state index contributed by atoms with van der Waals surface area (Å²) < 4.78 is 114. The summed E-state index contributed by atoms with van der Waals surface area (Å²) in [4.78, 5) is 0. The number of ether oxygens (including phenoxy) is 3. The molecule has 0 unspecified atom stereocenters. The van der Waals surface area contributed by atoms with E-state index in [2.05, 4.69) is 6.92 Å². The molecule has 0 radical (unpaired) electrons. The molecule has 1 saturated heterocycles. The smallest absolute Gasteiger partial charge is 0.419 e. The Morgan fingerprint density at radius 2 is 1.40 bits per heavy atom. The van der Waals surface area contributed by atoms with Gasteiger partial charge in [-0.1, -0.05) is 38.3 Å². The highest BCUT2D eigenvalue weighted by Gasteiger charge is 2.45. The molecule has 1 heterocycles. The highest BCUT2D eigenvalue weighted by atomic mass is 19.4. The Kier molecular flexibility index (Phi) is 11.0. The van der Waals surface area contributed by atoms with Gasteiger partial charge in [-0.2, -0.15) is 22.0 Å². The molecule has 0 atom stereocenters. The second kappa shape index (κ2) is 14.6. The van der Waals surface area contributed by atoms with Crippen LogP contribution in [0.2, 0.25) is 0 Å². The molecule has 3 nitrogen and oxygen atoms in total. The lowest BCUT2D eigenvalue weighted by Gasteiger charge is -2.39. The molecule has 0 spiro atoms. The SMILES string of the molecule is CCCCCC1COC(c2ccc(C3CCC(C4CCC(C(F)(F)Oc5ccc(C(F)(F)F)c(F)c5)CC4)CC3)c(F)c2)OC1. The van der Waals surface area contributed by atoms with Gasteiger partial charge >= 0.3 is 12.3 Å². The number of hydrogen-bond donors (Lipinski definition) is 0. The molecule has 1 aliphatic heterocycles. The Morgan fingerprint density at radius 3 is 1.98 bits per heavy atom. The highest BCUT2D eigenvalue weighted by Crippen LogP contribution is 2.47. The molecule has 250 valence electrons. The van der Waals surface area contributed by atoms with Crippen LogP contribution in [-0.4, -0.2) is 19.3 Å². The summed E-state index contributed by atoms with van der Waals surface area (Å²) in [5.74, 6) is -2.50. The van der Waals surface area contributed by atoms with Crippen LogP contribution in [0.3, 0.4) is 0 Å². The first-order valence-corrected chi connectivity index (χ1v) is 16.4. The zero-order valence-electron chi connectivity index (χ0n) is 25.7. The maximum atomic E-state index is 15.3. The van der Waals surface area contributed by atoms with Gasteiger partial charge in [-0.05, 0) is 99.3 Å². The van der Waals surface area contributed by atoms with E-state index in [-0.39, 0.29) is 30.5 Å². The van der Waals surface area contributed by atoms with E-state index in [1.165, 1.54) is 18.9 Å². The highest BCUT2D eigenvalue weighted by molar-refractivity contribution is 5.31. The topological polar surface area (TPSA) is 27.7 Å². The molecule has 3 fully saturated rings. The van der Waals surface area contributed by atoms with Crippen LogP contribution in [0.4, 0.5) is 30.7 Å². The second-order valence-corrected chi connectivity index (χ2v) is 13.2. The monoisotopic (exact) mass is 644 g/mol. The normalized spacial score (nSPS) is 28.2. The Labute approximate surface area is 260 Å². The van der Waals surface area contributed by atoms with E-state index in [1.54, 1.807) is 0 Å². The predicted molar refractivity (Wildman–Crippen MR) is 156 cm³/mol. The molecule has 2 aromatic carbocycles. The quantitative estimate of drug-likeness (QED) is 0.190. The van der Waals surface area contributed by atoms with Crippen molar-refractivity contribution in [3.8, 4) is 5.75 Å². The minimum absolute atomic E-state index is 0.102. The summed E-state index contributed by atoms with van der Waals surface area (Å²) in [6, 6.07) is 6.78. The fourth-order valence-corrected chi connectivity index (χ4v) is 7.46. The van der Waals surface area contributed by atoms with Gasteiger partial charge in [0.25, 0.3) is 0 Å². The van der Waals surface area contributed by atoms with Crippen LogP contribution >= 0.6 is 0 Å². The Bertz CT molecular complexity index is 1240. The summed E-state index contributed by atoms with van der Waals surface area (Å²) in [6.45, 7) is 3.41. The van der Waals surface area contributed by atoms with Crippen molar-refractivity contribution >= 4 is 0 Å². The molecule has 5 rings (SSSR count). The van der Waals surface area contributed by atoms with Crippen LogP contribution in [0.1, 0.15) is 113 Å². The molecule has 2 aliphatic carbocycles. The van der Waals surface area contributed by atoms with Gasteiger partial charge in [0.2, 0.25) is 0 Å². The van der Waals surface area contributed by atoms with Gasteiger partial charge in [0.15, 0.2) is 6.29 Å². The molecule has 0 bridgehead atoms. The van der Waals surface area contributed by atoms with Gasteiger partial charge in [-0.25, -0.2) is 8.78 Å². The molecule has 3 aliphatic rings. The first-order chi connectivity index (χ1) is 21.4. The fourth-order valence-electron chi connectivity index (χ4n) is 7.46. The van der Waals surface area contributed by atoms with Gasteiger partial charge in [-0.15, -0.1) is 0 Å². The number of halogens is 7. The van der Waals surface area contributed by atoms with Crippen molar-refractivity contribution in [2.75, 3.05) is 13.2 Å². The summed E-state index contributed by atoms with van der Waals surface area (Å²) >= 11 is 0. The summed E-state index contributed by atoms with van der Waals surface area (Å²) in [5.41, 5.74) is -0.133. The first kappa shape index (κ1) is 34.0. The van der Waals surface area contributed by atoms with Crippen molar-refractivity contribution in [1.29, 1.82) is 0 Å². The van der Waals surface area contributed by atoms with Crippen LogP contribution in [0.25, 0.3) is 0 Å². The summed E-state index contributed by atoms with van der Waals surface area (Å²) in [6.07, 6.45) is 0.569. The third-order valence-electron chi connectivity index (χ3n) is 10.1. The lowest BCUT2D eigenvalue weighted by molar-refractivity contribution is -0.224. The Morgan fingerprint density at radius 1 is 0.756 bits per heavy atom. The van der Waals surface area contributed by atoms with E-state index in [0.717, 1.165) is 44.6 Å².